The summed E-state index contributed by atoms with van der Waals surface area (Å²) in [7, 11) is 0. The van der Waals surface area contributed by atoms with Crippen molar-refractivity contribution < 1.29 is 17.9 Å². The van der Waals surface area contributed by atoms with Crippen molar-refractivity contribution in [3.63, 3.8) is 0 Å². The van der Waals surface area contributed by atoms with E-state index in [1.165, 1.54) is 6.42 Å². The summed E-state index contributed by atoms with van der Waals surface area (Å²) >= 11 is 0. The molecule has 0 aliphatic rings. The fraction of sp³-hybridized carbons (Fsp3) is 0.368. The Kier molecular flexibility index (Phi) is 13.1. The van der Waals surface area contributed by atoms with Crippen molar-refractivity contribution >= 4 is 39.8 Å². The molecule has 0 spiro atoms. The summed E-state index contributed by atoms with van der Waals surface area (Å²) in [4.78, 5) is 1.68. The Balaban J connectivity index is 1.23. The van der Waals surface area contributed by atoms with Crippen LogP contribution in [0, 0.1) is 11.3 Å². The van der Waals surface area contributed by atoms with E-state index in [1.807, 2.05) is 55.5 Å². The summed E-state index contributed by atoms with van der Waals surface area (Å²) in [6, 6.07) is 29.0. The molecular weight excluding hydrogens is 627 g/mol. The summed E-state index contributed by atoms with van der Waals surface area (Å²) in [5, 5.41) is 25.7. The summed E-state index contributed by atoms with van der Waals surface area (Å²) in [6.45, 7) is 12.0. The Morgan fingerprint density at radius 2 is 0.980 bits per heavy atom. The third-order valence-electron chi connectivity index (χ3n) is 7.48. The first-order chi connectivity index (χ1) is 23.3. The molecule has 0 radical (unpaired) electrons. The summed E-state index contributed by atoms with van der Waals surface area (Å²) in [5.41, 5.74) is 5.01. The standard InChI is InChI=1S/C38H44F3N7O/c1-6-48(25-24-38(39,40)41)35-19-15-33(16-20-35)46-44-31-11-7-29(8-12-31)42-43-30-9-13-32(14-10-30)45-47-34-17-21-36(22-18-34)49-26-23-28(2)27-37(3,4)5/h7-22,28H,6,23-27H2,1-5H3. The Labute approximate surface area is 286 Å². The van der Waals surface area contributed by atoms with Gasteiger partial charge in [-0.05, 0) is 128 Å². The van der Waals surface area contributed by atoms with Gasteiger partial charge in [-0.3, -0.25) is 0 Å². The molecule has 49 heavy (non-hydrogen) atoms. The largest absolute Gasteiger partial charge is 0.494 e. The van der Waals surface area contributed by atoms with Gasteiger partial charge in [0.25, 0.3) is 0 Å². The van der Waals surface area contributed by atoms with Gasteiger partial charge >= 0.3 is 6.18 Å². The van der Waals surface area contributed by atoms with Crippen molar-refractivity contribution in [1.82, 2.24) is 0 Å². The maximum Gasteiger partial charge on any atom is 0.390 e. The van der Waals surface area contributed by atoms with E-state index < -0.39 is 12.6 Å². The molecule has 0 amide bonds. The van der Waals surface area contributed by atoms with Gasteiger partial charge in [-0.2, -0.15) is 43.9 Å². The molecule has 0 aliphatic heterocycles. The first-order valence-electron chi connectivity index (χ1n) is 16.5. The van der Waals surface area contributed by atoms with Crippen LogP contribution in [0.2, 0.25) is 0 Å². The van der Waals surface area contributed by atoms with Crippen molar-refractivity contribution in [2.24, 2.45) is 42.0 Å². The quantitative estimate of drug-likeness (QED) is 0.118. The molecule has 258 valence electrons. The van der Waals surface area contributed by atoms with E-state index >= 15 is 0 Å². The van der Waals surface area contributed by atoms with E-state index in [-0.39, 0.29) is 6.54 Å². The minimum atomic E-state index is -4.19. The van der Waals surface area contributed by atoms with Crippen molar-refractivity contribution in [3.8, 4) is 5.75 Å². The Hall–Kier alpha value is -4.93. The third kappa shape index (κ3) is 13.6. The number of hydrogen-bond donors (Lipinski definition) is 0. The number of ether oxygens (including phenoxy) is 1. The lowest BCUT2D eigenvalue weighted by molar-refractivity contribution is -0.132. The SMILES string of the molecule is CCN(CCC(F)(F)F)c1ccc(N=Nc2ccc(N=Nc3ccc(N=Nc4ccc(OCCC(C)CC(C)(C)C)cc4)cc3)cc2)cc1. The van der Waals surface area contributed by atoms with Gasteiger partial charge in [0, 0.05) is 18.8 Å². The average molecular weight is 672 g/mol. The number of hydrogen-bond acceptors (Lipinski definition) is 8. The molecule has 0 saturated heterocycles. The van der Waals surface area contributed by atoms with Gasteiger partial charge < -0.3 is 9.64 Å². The lowest BCUT2D eigenvalue weighted by Crippen LogP contribution is -2.27. The Morgan fingerprint density at radius 1 is 0.612 bits per heavy atom. The molecule has 4 aromatic carbocycles. The molecule has 1 unspecified atom stereocenters. The zero-order valence-electron chi connectivity index (χ0n) is 28.7. The summed E-state index contributed by atoms with van der Waals surface area (Å²) in [5.74, 6) is 1.44. The van der Waals surface area contributed by atoms with E-state index in [4.69, 9.17) is 4.74 Å². The number of rotatable bonds is 15. The normalized spacial score (nSPS) is 13.1. The topological polar surface area (TPSA) is 86.6 Å². The van der Waals surface area contributed by atoms with Gasteiger partial charge in [0.1, 0.15) is 5.75 Å². The van der Waals surface area contributed by atoms with E-state index in [0.717, 1.165) is 17.9 Å². The van der Waals surface area contributed by atoms with Crippen LogP contribution >= 0.6 is 0 Å². The fourth-order valence-electron chi connectivity index (χ4n) is 5.11. The lowest BCUT2D eigenvalue weighted by atomic mass is 9.84. The number of benzene rings is 4. The van der Waals surface area contributed by atoms with Crippen LogP contribution in [0.25, 0.3) is 0 Å². The van der Waals surface area contributed by atoms with Crippen LogP contribution in [-0.2, 0) is 0 Å². The fourth-order valence-corrected chi connectivity index (χ4v) is 5.11. The van der Waals surface area contributed by atoms with E-state index in [0.29, 0.717) is 58.6 Å². The minimum absolute atomic E-state index is 0.0909. The molecule has 8 nitrogen and oxygen atoms in total. The summed E-state index contributed by atoms with van der Waals surface area (Å²) in [6.07, 6.45) is -2.85. The molecule has 0 heterocycles. The molecule has 1 atom stereocenters. The smallest absolute Gasteiger partial charge is 0.390 e. The van der Waals surface area contributed by atoms with Gasteiger partial charge in [0.05, 0.1) is 47.2 Å². The van der Waals surface area contributed by atoms with Crippen molar-refractivity contribution in [3.05, 3.63) is 97.1 Å². The van der Waals surface area contributed by atoms with Gasteiger partial charge in [0.15, 0.2) is 0 Å². The van der Waals surface area contributed by atoms with Gasteiger partial charge in [-0.15, -0.1) is 0 Å². The molecule has 0 bridgehead atoms. The molecule has 0 aromatic heterocycles. The van der Waals surface area contributed by atoms with Crippen LogP contribution in [0.4, 0.5) is 53.0 Å². The Morgan fingerprint density at radius 3 is 1.33 bits per heavy atom. The molecular formula is C38H44F3N7O. The average Bonchev–Trinajstić information content (AvgIpc) is 3.06. The van der Waals surface area contributed by atoms with Crippen LogP contribution in [0.5, 0.6) is 5.75 Å². The number of azo groups is 3. The maximum absolute atomic E-state index is 12.6. The third-order valence-corrected chi connectivity index (χ3v) is 7.48. The van der Waals surface area contributed by atoms with Crippen molar-refractivity contribution in [2.45, 2.75) is 60.1 Å². The van der Waals surface area contributed by atoms with E-state index in [1.54, 1.807) is 53.4 Å². The van der Waals surface area contributed by atoms with E-state index in [2.05, 4.69) is 58.4 Å². The van der Waals surface area contributed by atoms with Gasteiger partial charge in [0.2, 0.25) is 0 Å². The highest BCUT2D eigenvalue weighted by atomic mass is 19.4. The first-order valence-corrected chi connectivity index (χ1v) is 16.5. The van der Waals surface area contributed by atoms with Crippen LogP contribution in [0.3, 0.4) is 0 Å². The zero-order valence-corrected chi connectivity index (χ0v) is 28.7. The second-order valence-corrected chi connectivity index (χ2v) is 13.1. The minimum Gasteiger partial charge on any atom is -0.494 e. The van der Waals surface area contributed by atoms with Gasteiger partial charge in [-0.25, -0.2) is 0 Å². The number of nitrogens with zero attached hydrogens (tertiary/aromatic N) is 7. The molecule has 4 rings (SSSR count). The molecule has 11 heteroatoms. The number of anilines is 1. The van der Waals surface area contributed by atoms with Crippen LogP contribution in [0.15, 0.2) is 128 Å². The van der Waals surface area contributed by atoms with Gasteiger partial charge in [-0.1, -0.05) is 27.7 Å². The second-order valence-electron chi connectivity index (χ2n) is 13.1. The first kappa shape index (κ1) is 36.9. The highest BCUT2D eigenvalue weighted by Gasteiger charge is 2.27. The zero-order chi connectivity index (χ0) is 35.3. The Bertz CT molecular complexity index is 1660. The van der Waals surface area contributed by atoms with E-state index in [9.17, 15) is 13.2 Å². The second kappa shape index (κ2) is 17.5. The molecule has 0 aliphatic carbocycles. The van der Waals surface area contributed by atoms with Crippen LogP contribution in [-0.4, -0.2) is 25.9 Å². The van der Waals surface area contributed by atoms with Crippen molar-refractivity contribution in [1.29, 1.82) is 0 Å². The lowest BCUT2D eigenvalue weighted by Gasteiger charge is -2.23. The molecule has 0 saturated carbocycles. The summed E-state index contributed by atoms with van der Waals surface area (Å²) < 4.78 is 43.8. The molecule has 4 aromatic rings. The predicted octanol–water partition coefficient (Wildman–Crippen LogP) is 13.6. The monoisotopic (exact) mass is 671 g/mol. The number of alkyl halides is 3. The number of halogens is 3. The van der Waals surface area contributed by atoms with Crippen LogP contribution in [0.1, 0.15) is 53.9 Å². The van der Waals surface area contributed by atoms with Crippen LogP contribution < -0.4 is 9.64 Å². The predicted molar refractivity (Wildman–Crippen MR) is 190 cm³/mol. The maximum atomic E-state index is 12.6. The highest BCUT2D eigenvalue weighted by molar-refractivity contribution is 5.54. The van der Waals surface area contributed by atoms with Crippen molar-refractivity contribution in [2.75, 3.05) is 24.6 Å². The highest BCUT2D eigenvalue weighted by Crippen LogP contribution is 2.29. The molecule has 0 N–H and O–H groups in total. The molecule has 0 fully saturated rings.